The molecule has 0 radical (unpaired) electrons. The van der Waals surface area contributed by atoms with Crippen molar-refractivity contribution in [1.82, 2.24) is 25.3 Å². The van der Waals surface area contributed by atoms with Gasteiger partial charge in [0.2, 0.25) is 0 Å². The first-order valence-corrected chi connectivity index (χ1v) is 7.43. The van der Waals surface area contributed by atoms with Crippen LogP contribution in [-0.2, 0) is 13.1 Å². The van der Waals surface area contributed by atoms with Gasteiger partial charge in [0.25, 0.3) is 5.91 Å². The minimum Gasteiger partial charge on any atom is -0.366 e. The Morgan fingerprint density at radius 1 is 0.958 bits per heavy atom. The lowest BCUT2D eigenvalue weighted by atomic mass is 10.2. The smallest absolute Gasteiger partial charge is 0.270 e. The molecule has 3 aromatic heterocycles. The van der Waals surface area contributed by atoms with E-state index in [1.807, 2.05) is 24.3 Å². The van der Waals surface area contributed by atoms with Crippen molar-refractivity contribution in [3.63, 3.8) is 0 Å². The quantitative estimate of drug-likeness (QED) is 0.719. The maximum Gasteiger partial charge on any atom is 0.270 e. The summed E-state index contributed by atoms with van der Waals surface area (Å²) in [6, 6.07) is 9.17. The third kappa shape index (κ3) is 4.33. The van der Waals surface area contributed by atoms with Gasteiger partial charge in [-0.1, -0.05) is 6.07 Å². The van der Waals surface area contributed by atoms with Crippen molar-refractivity contribution in [1.29, 1.82) is 0 Å². The molecule has 2 N–H and O–H groups in total. The van der Waals surface area contributed by atoms with Crippen LogP contribution in [0.1, 0.15) is 21.6 Å². The molecule has 1 amide bonds. The van der Waals surface area contributed by atoms with E-state index in [4.69, 9.17) is 0 Å². The highest BCUT2D eigenvalue weighted by atomic mass is 16.1. The van der Waals surface area contributed by atoms with Crippen molar-refractivity contribution in [3.8, 4) is 0 Å². The molecule has 0 saturated carbocycles. The van der Waals surface area contributed by atoms with Crippen molar-refractivity contribution in [2.24, 2.45) is 0 Å². The molecule has 7 heteroatoms. The normalized spacial score (nSPS) is 10.2. The molecule has 0 unspecified atom stereocenters. The Morgan fingerprint density at radius 2 is 1.83 bits per heavy atom. The van der Waals surface area contributed by atoms with E-state index >= 15 is 0 Å². The number of nitrogens with zero attached hydrogens (tertiary/aromatic N) is 4. The number of pyridine rings is 2. The molecule has 0 saturated heterocycles. The molecule has 24 heavy (non-hydrogen) atoms. The van der Waals surface area contributed by atoms with Gasteiger partial charge in [0.1, 0.15) is 17.8 Å². The molecule has 7 nitrogen and oxygen atoms in total. The minimum atomic E-state index is -0.256. The van der Waals surface area contributed by atoms with Crippen molar-refractivity contribution in [3.05, 3.63) is 78.3 Å². The second-order valence-corrected chi connectivity index (χ2v) is 5.04. The van der Waals surface area contributed by atoms with Crippen LogP contribution in [0.3, 0.4) is 0 Å². The molecule has 120 valence electrons. The van der Waals surface area contributed by atoms with Gasteiger partial charge >= 0.3 is 0 Å². The van der Waals surface area contributed by atoms with Gasteiger partial charge in [-0.25, -0.2) is 9.97 Å². The summed E-state index contributed by atoms with van der Waals surface area (Å²) < 4.78 is 0. The number of carbonyl (C=O) groups excluding carboxylic acids is 1. The van der Waals surface area contributed by atoms with E-state index in [1.54, 1.807) is 30.9 Å². The third-order valence-electron chi connectivity index (χ3n) is 3.30. The van der Waals surface area contributed by atoms with Crippen LogP contribution in [0, 0.1) is 0 Å². The summed E-state index contributed by atoms with van der Waals surface area (Å²) in [6.07, 6.45) is 8.23. The van der Waals surface area contributed by atoms with Crippen LogP contribution in [0.4, 0.5) is 5.82 Å². The number of anilines is 1. The lowest BCUT2D eigenvalue weighted by Gasteiger charge is -2.07. The largest absolute Gasteiger partial charge is 0.366 e. The Kier molecular flexibility index (Phi) is 5.03. The van der Waals surface area contributed by atoms with E-state index in [0.29, 0.717) is 24.6 Å². The molecule has 3 rings (SSSR count). The minimum absolute atomic E-state index is 0.256. The van der Waals surface area contributed by atoms with E-state index in [1.165, 1.54) is 6.33 Å². The molecule has 0 aliphatic rings. The van der Waals surface area contributed by atoms with Crippen LogP contribution in [0.2, 0.25) is 0 Å². The molecule has 0 aliphatic heterocycles. The maximum absolute atomic E-state index is 12.2. The maximum atomic E-state index is 12.2. The molecule has 0 fully saturated rings. The lowest BCUT2D eigenvalue weighted by Crippen LogP contribution is -2.24. The summed E-state index contributed by atoms with van der Waals surface area (Å²) in [5.74, 6) is 0.335. The summed E-state index contributed by atoms with van der Waals surface area (Å²) in [6.45, 7) is 0.993. The van der Waals surface area contributed by atoms with Gasteiger partial charge in [0, 0.05) is 43.9 Å². The van der Waals surface area contributed by atoms with Gasteiger partial charge in [-0.2, -0.15) is 0 Å². The van der Waals surface area contributed by atoms with E-state index in [2.05, 4.69) is 30.6 Å². The molecule has 3 aromatic rings. The average molecular weight is 320 g/mol. The van der Waals surface area contributed by atoms with Crippen LogP contribution in [0.15, 0.2) is 61.4 Å². The van der Waals surface area contributed by atoms with Gasteiger partial charge in [0.05, 0.1) is 0 Å². The number of nitrogens with one attached hydrogen (secondary N) is 2. The van der Waals surface area contributed by atoms with Crippen LogP contribution in [0.25, 0.3) is 0 Å². The van der Waals surface area contributed by atoms with Crippen molar-refractivity contribution in [2.75, 3.05) is 5.32 Å². The zero-order valence-electron chi connectivity index (χ0n) is 12.9. The fourth-order valence-corrected chi connectivity index (χ4v) is 2.05. The zero-order chi connectivity index (χ0) is 16.6. The molecular formula is C17H16N6O. The van der Waals surface area contributed by atoms with Crippen molar-refractivity contribution in [2.45, 2.75) is 13.1 Å². The summed E-state index contributed by atoms with van der Waals surface area (Å²) in [4.78, 5) is 28.3. The summed E-state index contributed by atoms with van der Waals surface area (Å²) >= 11 is 0. The highest BCUT2D eigenvalue weighted by Crippen LogP contribution is 2.07. The van der Waals surface area contributed by atoms with E-state index in [9.17, 15) is 4.79 Å². The van der Waals surface area contributed by atoms with Crippen molar-refractivity contribution >= 4 is 11.7 Å². The Hall–Kier alpha value is -3.35. The predicted octanol–water partition coefficient (Wildman–Crippen LogP) is 1.81. The molecule has 0 aromatic carbocycles. The molecule has 3 heterocycles. The van der Waals surface area contributed by atoms with Crippen LogP contribution >= 0.6 is 0 Å². The summed E-state index contributed by atoms with van der Waals surface area (Å²) in [5.41, 5.74) is 2.31. The first-order chi connectivity index (χ1) is 11.8. The average Bonchev–Trinajstić information content (AvgIpc) is 2.66. The van der Waals surface area contributed by atoms with Gasteiger partial charge in [-0.05, 0) is 29.3 Å². The monoisotopic (exact) mass is 320 g/mol. The lowest BCUT2D eigenvalue weighted by molar-refractivity contribution is 0.0945. The number of hydrogen-bond acceptors (Lipinski definition) is 6. The van der Waals surface area contributed by atoms with E-state index in [0.717, 1.165) is 11.1 Å². The van der Waals surface area contributed by atoms with Crippen LogP contribution in [-0.4, -0.2) is 25.8 Å². The second-order valence-electron chi connectivity index (χ2n) is 5.04. The Morgan fingerprint density at radius 3 is 2.62 bits per heavy atom. The Bertz CT molecular complexity index is 794. The number of aromatic nitrogens is 4. The second kappa shape index (κ2) is 7.77. The van der Waals surface area contributed by atoms with Gasteiger partial charge in [-0.15, -0.1) is 0 Å². The number of rotatable bonds is 6. The Labute approximate surface area is 139 Å². The number of amides is 1. The molecule has 0 spiro atoms. The first kappa shape index (κ1) is 15.5. The van der Waals surface area contributed by atoms with E-state index < -0.39 is 0 Å². The van der Waals surface area contributed by atoms with Crippen molar-refractivity contribution < 1.29 is 4.79 Å². The van der Waals surface area contributed by atoms with Gasteiger partial charge < -0.3 is 10.6 Å². The van der Waals surface area contributed by atoms with Gasteiger partial charge in [0.15, 0.2) is 0 Å². The molecule has 0 aliphatic carbocycles. The zero-order valence-corrected chi connectivity index (χ0v) is 12.9. The third-order valence-corrected chi connectivity index (χ3v) is 3.30. The predicted molar refractivity (Wildman–Crippen MR) is 89.0 cm³/mol. The van der Waals surface area contributed by atoms with Crippen LogP contribution < -0.4 is 10.6 Å². The summed E-state index contributed by atoms with van der Waals surface area (Å²) in [7, 11) is 0. The molecule has 0 bridgehead atoms. The fourth-order valence-electron chi connectivity index (χ4n) is 2.05. The van der Waals surface area contributed by atoms with E-state index in [-0.39, 0.29) is 5.91 Å². The number of hydrogen-bond donors (Lipinski definition) is 2. The SMILES string of the molecule is O=C(NCc1cccnc1)c1cc(NCc2ccncc2)ncn1. The highest BCUT2D eigenvalue weighted by Gasteiger charge is 2.08. The van der Waals surface area contributed by atoms with Gasteiger partial charge in [-0.3, -0.25) is 14.8 Å². The molecule has 0 atom stereocenters. The standard InChI is InChI=1S/C17H16N6O/c24-17(21-11-14-2-1-5-19-9-14)15-8-16(23-12-22-15)20-10-13-3-6-18-7-4-13/h1-9,12H,10-11H2,(H,21,24)(H,20,22,23). The first-order valence-electron chi connectivity index (χ1n) is 7.43. The Balaban J connectivity index is 1.59. The van der Waals surface area contributed by atoms with Crippen LogP contribution in [0.5, 0.6) is 0 Å². The number of carbonyl (C=O) groups is 1. The topological polar surface area (TPSA) is 92.7 Å². The summed E-state index contributed by atoms with van der Waals surface area (Å²) in [5, 5.41) is 5.97. The molecular weight excluding hydrogens is 304 g/mol. The fraction of sp³-hybridized carbons (Fsp3) is 0.118. The highest BCUT2D eigenvalue weighted by molar-refractivity contribution is 5.92.